The van der Waals surface area contributed by atoms with Gasteiger partial charge in [-0.15, -0.1) is 4.98 Å². The van der Waals surface area contributed by atoms with E-state index in [2.05, 4.69) is 28.6 Å². The summed E-state index contributed by atoms with van der Waals surface area (Å²) in [6, 6.07) is 10.4. The van der Waals surface area contributed by atoms with E-state index in [1.807, 2.05) is 42.2 Å². The number of aromatic nitrogens is 1. The molecule has 7 nitrogen and oxygen atoms in total. The molecule has 8 heteroatoms. The number of likely N-dealkylation sites (tertiary alicyclic amines) is 1. The summed E-state index contributed by atoms with van der Waals surface area (Å²) >= 11 is 5.86. The van der Waals surface area contributed by atoms with Crippen LogP contribution in [0, 0.1) is 13.5 Å². The zero-order valence-corrected chi connectivity index (χ0v) is 21.3. The first-order valence-electron chi connectivity index (χ1n) is 12.4. The summed E-state index contributed by atoms with van der Waals surface area (Å²) in [6.07, 6.45) is 6.38. The summed E-state index contributed by atoms with van der Waals surface area (Å²) < 4.78 is 6.28. The van der Waals surface area contributed by atoms with Crippen LogP contribution >= 0.6 is 12.2 Å². The Labute approximate surface area is 212 Å². The molecule has 1 spiro atoms. The highest BCUT2D eigenvalue weighted by Crippen LogP contribution is 2.48. The SMILES string of the molecule is [C-]#[N+]c1ncc(N2C(=O)C3(CCC3)N(c3ccc(OC4CCN(C(C)C)CC4)cc3)C2=S)cc1C. The van der Waals surface area contributed by atoms with Gasteiger partial charge in [-0.3, -0.25) is 9.69 Å². The Balaban J connectivity index is 1.35. The van der Waals surface area contributed by atoms with Gasteiger partial charge in [0.25, 0.3) is 11.7 Å². The fraction of sp³-hybridized carbons (Fsp3) is 0.481. The molecule has 0 N–H and O–H groups in total. The van der Waals surface area contributed by atoms with Crippen molar-refractivity contribution >= 4 is 40.4 Å². The molecule has 3 fully saturated rings. The second-order valence-corrected chi connectivity index (χ2v) is 10.4. The van der Waals surface area contributed by atoms with Crippen molar-refractivity contribution in [1.82, 2.24) is 9.88 Å². The van der Waals surface area contributed by atoms with Crippen LogP contribution in [0.25, 0.3) is 4.85 Å². The van der Waals surface area contributed by atoms with Crippen molar-refractivity contribution in [3.8, 4) is 5.75 Å². The maximum atomic E-state index is 13.7. The number of aryl methyl sites for hydroxylation is 1. The van der Waals surface area contributed by atoms with Crippen LogP contribution in [0.5, 0.6) is 5.75 Å². The van der Waals surface area contributed by atoms with Crippen molar-refractivity contribution in [1.29, 1.82) is 0 Å². The second-order valence-electron chi connectivity index (χ2n) is 10.0. The number of hydrogen-bond donors (Lipinski definition) is 0. The number of hydrogen-bond acceptors (Lipinski definition) is 5. The summed E-state index contributed by atoms with van der Waals surface area (Å²) in [6.45, 7) is 15.7. The van der Waals surface area contributed by atoms with Gasteiger partial charge >= 0.3 is 0 Å². The van der Waals surface area contributed by atoms with Gasteiger partial charge in [0.05, 0.1) is 5.69 Å². The number of pyridine rings is 1. The largest absolute Gasteiger partial charge is 0.490 e. The van der Waals surface area contributed by atoms with Gasteiger partial charge < -0.3 is 19.4 Å². The van der Waals surface area contributed by atoms with Gasteiger partial charge in [-0.25, -0.2) is 0 Å². The number of amides is 1. The van der Waals surface area contributed by atoms with E-state index >= 15 is 0 Å². The minimum absolute atomic E-state index is 0.0113. The summed E-state index contributed by atoms with van der Waals surface area (Å²) in [5.41, 5.74) is 1.60. The van der Waals surface area contributed by atoms with E-state index in [1.54, 1.807) is 11.1 Å². The standard InChI is InChI=1S/C27H31N5O2S/c1-18(2)30-14-10-23(11-15-30)34-22-8-6-20(7-9-22)32-26(35)31(25(33)27(32)12-5-13-27)21-16-19(3)24(28-4)29-17-21/h6-9,16-18,23H,5,10-15H2,1-3H3. The molecule has 1 aliphatic carbocycles. The predicted octanol–water partition coefficient (Wildman–Crippen LogP) is 5.25. The van der Waals surface area contributed by atoms with E-state index in [-0.39, 0.29) is 12.0 Å². The first kappa shape index (κ1) is 23.7. The van der Waals surface area contributed by atoms with Crippen LogP contribution in [0.1, 0.15) is 51.5 Å². The van der Waals surface area contributed by atoms with Crippen LogP contribution in [0.2, 0.25) is 0 Å². The van der Waals surface area contributed by atoms with Gasteiger partial charge in [-0.2, -0.15) is 0 Å². The van der Waals surface area contributed by atoms with Crippen LogP contribution in [0.4, 0.5) is 17.2 Å². The van der Waals surface area contributed by atoms with Crippen LogP contribution in [-0.4, -0.2) is 51.7 Å². The Morgan fingerprint density at radius 3 is 2.40 bits per heavy atom. The van der Waals surface area contributed by atoms with Gasteiger partial charge in [0.1, 0.15) is 23.6 Å². The molecule has 3 heterocycles. The van der Waals surface area contributed by atoms with E-state index < -0.39 is 5.54 Å². The lowest BCUT2D eigenvalue weighted by molar-refractivity contribution is -0.123. The fourth-order valence-electron chi connectivity index (χ4n) is 5.38. The number of thiocarbonyl (C=S) groups is 1. The van der Waals surface area contributed by atoms with Crippen LogP contribution in [-0.2, 0) is 4.79 Å². The molecule has 0 unspecified atom stereocenters. The highest BCUT2D eigenvalue weighted by atomic mass is 32.1. The van der Waals surface area contributed by atoms with Gasteiger partial charge in [-0.1, -0.05) is 6.57 Å². The minimum Gasteiger partial charge on any atom is -0.490 e. The smallest absolute Gasteiger partial charge is 0.272 e. The molecule has 0 atom stereocenters. The molecule has 182 valence electrons. The Kier molecular flexibility index (Phi) is 6.24. The van der Waals surface area contributed by atoms with Crippen molar-refractivity contribution in [3.63, 3.8) is 0 Å². The highest BCUT2D eigenvalue weighted by molar-refractivity contribution is 7.81. The van der Waals surface area contributed by atoms with Gasteiger partial charge in [-0.05, 0) is 101 Å². The summed E-state index contributed by atoms with van der Waals surface area (Å²) in [5.74, 6) is 1.18. The normalized spacial score (nSPS) is 20.4. The first-order valence-corrected chi connectivity index (χ1v) is 12.8. The number of benzene rings is 1. The number of rotatable bonds is 5. The van der Waals surface area contributed by atoms with E-state index in [9.17, 15) is 4.79 Å². The Morgan fingerprint density at radius 2 is 1.86 bits per heavy atom. The molecular weight excluding hydrogens is 458 g/mol. The summed E-state index contributed by atoms with van der Waals surface area (Å²) in [4.78, 5) is 27.4. The lowest BCUT2D eigenvalue weighted by atomic mass is 9.75. The van der Waals surface area contributed by atoms with E-state index in [0.717, 1.165) is 62.2 Å². The second kappa shape index (κ2) is 9.21. The predicted molar refractivity (Wildman–Crippen MR) is 141 cm³/mol. The van der Waals surface area contributed by atoms with Gasteiger partial charge in [0.15, 0.2) is 5.11 Å². The molecule has 2 aromatic rings. The molecule has 1 aromatic carbocycles. The average molecular weight is 490 g/mol. The number of carbonyl (C=O) groups is 1. The Bertz CT molecular complexity index is 1180. The van der Waals surface area contributed by atoms with Crippen molar-refractivity contribution < 1.29 is 9.53 Å². The number of carbonyl (C=O) groups excluding carboxylic acids is 1. The Hall–Kier alpha value is -3.02. The van der Waals surface area contributed by atoms with Gasteiger partial charge in [0.2, 0.25) is 0 Å². The quantitative estimate of drug-likeness (QED) is 0.422. The molecule has 0 radical (unpaired) electrons. The topological polar surface area (TPSA) is 53.3 Å². The molecule has 2 aliphatic heterocycles. The van der Waals surface area contributed by atoms with Crippen LogP contribution in [0.15, 0.2) is 36.5 Å². The van der Waals surface area contributed by atoms with Crippen molar-refractivity contribution in [3.05, 3.63) is 53.5 Å². The monoisotopic (exact) mass is 489 g/mol. The lowest BCUT2D eigenvalue weighted by Crippen LogP contribution is -2.55. The van der Waals surface area contributed by atoms with Gasteiger partial charge in [0, 0.05) is 24.8 Å². The first-order chi connectivity index (χ1) is 16.8. The summed E-state index contributed by atoms with van der Waals surface area (Å²) in [7, 11) is 0. The number of nitrogens with zero attached hydrogens (tertiary/aromatic N) is 5. The van der Waals surface area contributed by atoms with Crippen LogP contribution in [0.3, 0.4) is 0 Å². The third kappa shape index (κ3) is 4.07. The molecule has 3 aliphatic rings. The third-order valence-corrected chi connectivity index (χ3v) is 7.96. The van der Waals surface area contributed by atoms with Crippen LogP contribution < -0.4 is 14.5 Å². The summed E-state index contributed by atoms with van der Waals surface area (Å²) in [5, 5.41) is 0.459. The molecule has 2 saturated heterocycles. The molecule has 35 heavy (non-hydrogen) atoms. The van der Waals surface area contributed by atoms with E-state index in [1.165, 1.54) is 0 Å². The molecule has 1 amide bonds. The molecular formula is C27H31N5O2S. The highest BCUT2D eigenvalue weighted by Gasteiger charge is 2.59. The minimum atomic E-state index is -0.643. The number of anilines is 2. The number of piperidine rings is 1. The van der Waals surface area contributed by atoms with E-state index in [4.69, 9.17) is 23.5 Å². The zero-order valence-electron chi connectivity index (χ0n) is 20.5. The fourth-order valence-corrected chi connectivity index (χ4v) is 5.84. The lowest BCUT2D eigenvalue weighted by Gasteiger charge is -2.43. The molecule has 5 rings (SSSR count). The number of ether oxygens (including phenoxy) is 1. The van der Waals surface area contributed by atoms with Crippen molar-refractivity contribution in [2.75, 3.05) is 22.9 Å². The molecule has 1 saturated carbocycles. The maximum absolute atomic E-state index is 13.7. The average Bonchev–Trinajstić information content (AvgIpc) is 3.06. The molecule has 0 bridgehead atoms. The Morgan fingerprint density at radius 1 is 1.17 bits per heavy atom. The third-order valence-electron chi connectivity index (χ3n) is 7.60. The maximum Gasteiger partial charge on any atom is 0.272 e. The van der Waals surface area contributed by atoms with Crippen molar-refractivity contribution in [2.24, 2.45) is 0 Å². The zero-order chi connectivity index (χ0) is 24.7. The molecule has 1 aromatic heterocycles. The van der Waals surface area contributed by atoms with E-state index in [0.29, 0.717) is 22.7 Å². The van der Waals surface area contributed by atoms with Crippen molar-refractivity contribution in [2.45, 2.75) is 70.6 Å².